The third-order valence-electron chi connectivity index (χ3n) is 2.99. The first-order valence-electron chi connectivity index (χ1n) is 7.46. The van der Waals surface area contributed by atoms with Crippen molar-refractivity contribution in [2.45, 2.75) is 54.1 Å². The topological polar surface area (TPSA) is 92.8 Å². The minimum Gasteiger partial charge on any atom is -0.462 e. The summed E-state index contributed by atoms with van der Waals surface area (Å²) in [5.74, 6) is -0.377. The molecule has 1 amide bonds. The molecule has 0 spiro atoms. The van der Waals surface area contributed by atoms with E-state index in [1.54, 1.807) is 48.5 Å². The molecule has 7 heteroatoms. The van der Waals surface area contributed by atoms with Crippen molar-refractivity contribution in [3.63, 3.8) is 0 Å². The molecule has 0 bridgehead atoms. The number of aromatic nitrogens is 1. The minimum absolute atomic E-state index is 0.311. The van der Waals surface area contributed by atoms with Crippen LogP contribution in [0.4, 0.5) is 4.79 Å². The zero-order valence-electron chi connectivity index (χ0n) is 14.8. The molecule has 0 unspecified atom stereocenters. The molecular weight excluding hydrogens is 298 g/mol. The smallest absolute Gasteiger partial charge is 0.428 e. The summed E-state index contributed by atoms with van der Waals surface area (Å²) < 4.78 is 10.2. The number of aromatic amines is 1. The number of amides is 1. The number of carbonyl (C=O) groups is 2. The van der Waals surface area contributed by atoms with Crippen LogP contribution in [-0.2, 0) is 9.47 Å². The standard InChI is InChI=1S/C16H25N3O4/c1-8-22-14(20)12-9(2)13(17-10(12)3)11(4)18-19-15(21)23-16(5,6)7/h17H,8H2,1-7H3,(H,19,21)/b18-11+. The van der Waals surface area contributed by atoms with Gasteiger partial charge in [-0.3, -0.25) is 0 Å². The van der Waals surface area contributed by atoms with E-state index in [1.807, 2.05) is 0 Å². The van der Waals surface area contributed by atoms with Gasteiger partial charge in [0.25, 0.3) is 0 Å². The number of H-pyrrole nitrogens is 1. The molecule has 0 radical (unpaired) electrons. The average Bonchev–Trinajstić information content (AvgIpc) is 2.69. The Kier molecular flexibility index (Phi) is 5.95. The van der Waals surface area contributed by atoms with Gasteiger partial charge in [-0.2, -0.15) is 5.10 Å². The molecule has 7 nitrogen and oxygen atoms in total. The van der Waals surface area contributed by atoms with Gasteiger partial charge >= 0.3 is 12.1 Å². The summed E-state index contributed by atoms with van der Waals surface area (Å²) in [4.78, 5) is 26.7. The molecule has 0 fully saturated rings. The SMILES string of the molecule is CCOC(=O)c1c(C)[nH]c(/C(C)=N/NC(=O)OC(C)(C)C)c1C. The molecule has 0 saturated heterocycles. The van der Waals surface area contributed by atoms with Gasteiger partial charge in [-0.15, -0.1) is 0 Å². The van der Waals surface area contributed by atoms with Crippen molar-refractivity contribution in [3.8, 4) is 0 Å². The lowest BCUT2D eigenvalue weighted by Gasteiger charge is -2.18. The molecule has 128 valence electrons. The predicted octanol–water partition coefficient (Wildman–Crippen LogP) is 3.06. The number of nitrogens with one attached hydrogen (secondary N) is 2. The second-order valence-electron chi connectivity index (χ2n) is 6.16. The van der Waals surface area contributed by atoms with Gasteiger partial charge in [-0.1, -0.05) is 0 Å². The Morgan fingerprint density at radius 2 is 1.87 bits per heavy atom. The van der Waals surface area contributed by atoms with Crippen LogP contribution in [0.25, 0.3) is 0 Å². The normalized spacial score (nSPS) is 12.0. The number of carbonyl (C=O) groups excluding carboxylic acids is 2. The van der Waals surface area contributed by atoms with E-state index in [9.17, 15) is 9.59 Å². The predicted molar refractivity (Wildman–Crippen MR) is 87.8 cm³/mol. The molecule has 0 aliphatic heterocycles. The number of esters is 1. The third-order valence-corrected chi connectivity index (χ3v) is 2.99. The number of ether oxygens (including phenoxy) is 2. The Hall–Kier alpha value is -2.31. The number of hydrogen-bond acceptors (Lipinski definition) is 5. The summed E-state index contributed by atoms with van der Waals surface area (Å²) in [5, 5.41) is 4.01. The van der Waals surface area contributed by atoms with Crippen molar-refractivity contribution in [2.24, 2.45) is 5.10 Å². The first-order chi connectivity index (χ1) is 10.6. The van der Waals surface area contributed by atoms with Crippen LogP contribution in [0.3, 0.4) is 0 Å². The van der Waals surface area contributed by atoms with Crippen LogP contribution in [0.15, 0.2) is 5.10 Å². The van der Waals surface area contributed by atoms with Crippen LogP contribution >= 0.6 is 0 Å². The summed E-state index contributed by atoms with van der Waals surface area (Å²) in [5.41, 5.74) is 4.87. The lowest BCUT2D eigenvalue weighted by Crippen LogP contribution is -2.30. The summed E-state index contributed by atoms with van der Waals surface area (Å²) in [7, 11) is 0. The molecule has 1 aromatic rings. The highest BCUT2D eigenvalue weighted by Crippen LogP contribution is 2.19. The van der Waals surface area contributed by atoms with Gasteiger partial charge in [0.2, 0.25) is 0 Å². The second kappa shape index (κ2) is 7.30. The monoisotopic (exact) mass is 323 g/mol. The lowest BCUT2D eigenvalue weighted by atomic mass is 10.1. The third kappa shape index (κ3) is 5.12. The number of nitrogens with zero attached hydrogens (tertiary/aromatic N) is 1. The van der Waals surface area contributed by atoms with Gasteiger partial charge in [0, 0.05) is 5.69 Å². The van der Waals surface area contributed by atoms with Crippen molar-refractivity contribution in [1.29, 1.82) is 0 Å². The maximum atomic E-state index is 12.0. The van der Waals surface area contributed by atoms with Crippen LogP contribution < -0.4 is 5.43 Å². The maximum Gasteiger partial charge on any atom is 0.428 e. The van der Waals surface area contributed by atoms with Crippen molar-refractivity contribution in [3.05, 3.63) is 22.5 Å². The van der Waals surface area contributed by atoms with Crippen LogP contribution in [0.1, 0.15) is 61.9 Å². The van der Waals surface area contributed by atoms with Gasteiger partial charge in [-0.25, -0.2) is 15.0 Å². The molecule has 23 heavy (non-hydrogen) atoms. The first kappa shape index (κ1) is 18.7. The minimum atomic E-state index is -0.636. The number of hydrogen-bond donors (Lipinski definition) is 2. The molecule has 0 aliphatic carbocycles. The highest BCUT2D eigenvalue weighted by Gasteiger charge is 2.21. The summed E-state index contributed by atoms with van der Waals surface area (Å²) in [6.45, 7) is 12.7. The van der Waals surface area contributed by atoms with Crippen LogP contribution in [0, 0.1) is 13.8 Å². The number of rotatable bonds is 4. The van der Waals surface area contributed by atoms with Crippen molar-refractivity contribution >= 4 is 17.8 Å². The van der Waals surface area contributed by atoms with Gasteiger partial charge in [0.05, 0.1) is 23.6 Å². The number of hydrazone groups is 1. The van der Waals surface area contributed by atoms with E-state index in [4.69, 9.17) is 9.47 Å². The Balaban J connectivity index is 2.94. The number of aryl methyl sites for hydroxylation is 1. The van der Waals surface area contributed by atoms with Crippen molar-refractivity contribution in [2.75, 3.05) is 6.61 Å². The zero-order valence-corrected chi connectivity index (χ0v) is 14.8. The fourth-order valence-electron chi connectivity index (χ4n) is 2.11. The molecule has 0 aliphatic rings. The fourth-order valence-corrected chi connectivity index (χ4v) is 2.11. The first-order valence-corrected chi connectivity index (χ1v) is 7.46. The Bertz CT molecular complexity index is 624. The van der Waals surface area contributed by atoms with Crippen molar-refractivity contribution < 1.29 is 19.1 Å². The quantitative estimate of drug-likeness (QED) is 0.506. The van der Waals surface area contributed by atoms with E-state index in [0.29, 0.717) is 29.3 Å². The van der Waals surface area contributed by atoms with Crippen LogP contribution in [0.2, 0.25) is 0 Å². The van der Waals surface area contributed by atoms with Crippen LogP contribution in [-0.4, -0.2) is 35.0 Å². The largest absolute Gasteiger partial charge is 0.462 e. The van der Waals surface area contributed by atoms with Crippen LogP contribution in [0.5, 0.6) is 0 Å². The lowest BCUT2D eigenvalue weighted by molar-refractivity contribution is 0.0516. The average molecular weight is 323 g/mol. The van der Waals surface area contributed by atoms with E-state index in [1.165, 1.54) is 0 Å². The summed E-state index contributed by atoms with van der Waals surface area (Å²) in [6, 6.07) is 0. The Morgan fingerprint density at radius 3 is 2.39 bits per heavy atom. The molecule has 0 saturated carbocycles. The summed E-state index contributed by atoms with van der Waals surface area (Å²) >= 11 is 0. The van der Waals surface area contributed by atoms with Crippen molar-refractivity contribution in [1.82, 2.24) is 10.4 Å². The molecule has 1 heterocycles. The second-order valence-corrected chi connectivity index (χ2v) is 6.16. The molecule has 0 atom stereocenters. The van der Waals surface area contributed by atoms with Gasteiger partial charge < -0.3 is 14.5 Å². The van der Waals surface area contributed by atoms with Gasteiger partial charge in [0.15, 0.2) is 0 Å². The van der Waals surface area contributed by atoms with E-state index in [0.717, 1.165) is 5.56 Å². The highest BCUT2D eigenvalue weighted by molar-refractivity contribution is 6.03. The van der Waals surface area contributed by atoms with E-state index >= 15 is 0 Å². The molecular formula is C16H25N3O4. The molecule has 0 aromatic carbocycles. The molecule has 1 rings (SSSR count). The van der Waals surface area contributed by atoms with E-state index in [2.05, 4.69) is 15.5 Å². The Labute approximate surface area is 136 Å². The highest BCUT2D eigenvalue weighted by atomic mass is 16.6. The van der Waals surface area contributed by atoms with Gasteiger partial charge in [-0.05, 0) is 54.0 Å². The van der Waals surface area contributed by atoms with Gasteiger partial charge in [0.1, 0.15) is 5.60 Å². The summed E-state index contributed by atoms with van der Waals surface area (Å²) in [6.07, 6.45) is -0.636. The zero-order chi connectivity index (χ0) is 17.8. The maximum absolute atomic E-state index is 12.0. The molecule has 2 N–H and O–H groups in total. The van der Waals surface area contributed by atoms with E-state index in [-0.39, 0.29) is 5.97 Å². The fraction of sp³-hybridized carbons (Fsp3) is 0.562. The van der Waals surface area contributed by atoms with E-state index < -0.39 is 11.7 Å². The Morgan fingerprint density at radius 1 is 1.26 bits per heavy atom. The molecule has 1 aromatic heterocycles.